The van der Waals surface area contributed by atoms with E-state index in [0.29, 0.717) is 17.9 Å². The minimum atomic E-state index is -0.786. The lowest BCUT2D eigenvalue weighted by Gasteiger charge is -2.12. The number of aliphatic hydroxyl groups is 1. The number of hydrogen-bond donors (Lipinski definition) is 3. The van der Waals surface area contributed by atoms with Crippen molar-refractivity contribution in [1.29, 1.82) is 5.26 Å². The summed E-state index contributed by atoms with van der Waals surface area (Å²) in [6.07, 6.45) is 5.33. The maximum Gasteiger partial charge on any atom is 0.412 e. The van der Waals surface area contributed by atoms with Crippen molar-refractivity contribution in [3.8, 4) is 6.57 Å². The van der Waals surface area contributed by atoms with Crippen LogP contribution >= 0.6 is 0 Å². The Hall–Kier alpha value is -4.01. The molecule has 198 valence electrons. The van der Waals surface area contributed by atoms with E-state index in [1.165, 1.54) is 6.33 Å². The molecule has 2 unspecified atom stereocenters. The van der Waals surface area contributed by atoms with Gasteiger partial charge in [-0.3, -0.25) is 10.1 Å². The zero-order chi connectivity index (χ0) is 27.0. The second-order valence-electron chi connectivity index (χ2n) is 8.19. The molecule has 0 spiro atoms. The molecule has 11 nitrogen and oxygen atoms in total. The van der Waals surface area contributed by atoms with Crippen molar-refractivity contribution in [1.82, 2.24) is 14.6 Å². The van der Waals surface area contributed by atoms with Crippen molar-refractivity contribution < 1.29 is 29.3 Å². The van der Waals surface area contributed by atoms with Gasteiger partial charge < -0.3 is 19.7 Å². The number of nitrogens with zero attached hydrogens (tertiary/aromatic N) is 4. The fourth-order valence-corrected chi connectivity index (χ4v) is 3.77. The second-order valence-corrected chi connectivity index (χ2v) is 8.19. The van der Waals surface area contributed by atoms with E-state index in [1.54, 1.807) is 16.6 Å². The lowest BCUT2D eigenvalue weighted by Crippen LogP contribution is -2.17. The molecule has 3 heterocycles. The Bertz CT molecular complexity index is 1130. The Balaban J connectivity index is 0.000000336. The lowest BCUT2D eigenvalue weighted by molar-refractivity contribution is -0.136. The van der Waals surface area contributed by atoms with Gasteiger partial charge in [-0.05, 0) is 37.0 Å². The van der Waals surface area contributed by atoms with Gasteiger partial charge >= 0.3 is 12.1 Å². The SMILES string of the molecule is C#N.CCCCCOC(=O)Nc1ncnn2c(C3CCC(CO)O3)ccc12.O=C(O)Cc1ccccc1. The Morgan fingerprint density at radius 3 is 2.59 bits per heavy atom. The third-order valence-electron chi connectivity index (χ3n) is 5.52. The minimum Gasteiger partial charge on any atom is -0.481 e. The zero-order valence-electron chi connectivity index (χ0n) is 20.8. The van der Waals surface area contributed by atoms with Gasteiger partial charge in [0.1, 0.15) is 17.9 Å². The van der Waals surface area contributed by atoms with Crippen LogP contribution in [0.1, 0.15) is 56.4 Å². The van der Waals surface area contributed by atoms with Crippen LogP contribution in [0.15, 0.2) is 48.8 Å². The van der Waals surface area contributed by atoms with Crippen molar-refractivity contribution in [2.75, 3.05) is 18.5 Å². The van der Waals surface area contributed by atoms with Gasteiger partial charge in [0.05, 0.1) is 31.4 Å². The van der Waals surface area contributed by atoms with Crippen LogP contribution in [-0.4, -0.2) is 56.2 Å². The molecule has 1 aliphatic heterocycles. The number of hydrogen-bond acceptors (Lipinski definition) is 8. The topological polar surface area (TPSA) is 159 Å². The molecule has 4 rings (SSSR count). The van der Waals surface area contributed by atoms with E-state index >= 15 is 0 Å². The highest BCUT2D eigenvalue weighted by Crippen LogP contribution is 2.33. The number of anilines is 1. The summed E-state index contributed by atoms with van der Waals surface area (Å²) in [6.45, 7) is 6.01. The number of carbonyl (C=O) groups excluding carboxylic acids is 1. The Morgan fingerprint density at radius 2 is 1.95 bits per heavy atom. The van der Waals surface area contributed by atoms with Crippen molar-refractivity contribution >= 4 is 23.4 Å². The number of carboxylic acid groups (broad SMARTS) is 1. The molecule has 0 radical (unpaired) electrons. The molecule has 1 amide bonds. The second kappa shape index (κ2) is 15.9. The van der Waals surface area contributed by atoms with Crippen LogP contribution in [0.4, 0.5) is 10.6 Å². The number of rotatable bonds is 9. The summed E-state index contributed by atoms with van der Waals surface area (Å²) in [5.74, 6) is -0.385. The van der Waals surface area contributed by atoms with Gasteiger partial charge in [0.15, 0.2) is 5.82 Å². The number of benzene rings is 1. The molecule has 3 aromatic rings. The molecule has 0 bridgehead atoms. The van der Waals surface area contributed by atoms with Gasteiger partial charge in [0, 0.05) is 6.57 Å². The zero-order valence-corrected chi connectivity index (χ0v) is 20.8. The first kappa shape index (κ1) is 29.2. The van der Waals surface area contributed by atoms with Gasteiger partial charge in [0.25, 0.3) is 0 Å². The Morgan fingerprint density at radius 1 is 1.19 bits per heavy atom. The molecule has 37 heavy (non-hydrogen) atoms. The monoisotopic (exact) mass is 511 g/mol. The predicted octanol–water partition coefficient (Wildman–Crippen LogP) is 4.13. The van der Waals surface area contributed by atoms with Crippen molar-refractivity contribution in [2.45, 2.75) is 57.7 Å². The lowest BCUT2D eigenvalue weighted by atomic mass is 10.1. The summed E-state index contributed by atoms with van der Waals surface area (Å²) < 4.78 is 12.7. The van der Waals surface area contributed by atoms with E-state index in [-0.39, 0.29) is 25.2 Å². The average molecular weight is 512 g/mol. The quantitative estimate of drug-likeness (QED) is 0.359. The summed E-state index contributed by atoms with van der Waals surface area (Å²) >= 11 is 0. The normalized spacial score (nSPS) is 16.1. The molecule has 11 heteroatoms. The third-order valence-corrected chi connectivity index (χ3v) is 5.52. The van der Waals surface area contributed by atoms with Crippen LogP contribution in [0, 0.1) is 11.8 Å². The molecular weight excluding hydrogens is 478 g/mol. The molecule has 2 aromatic heterocycles. The third kappa shape index (κ3) is 9.18. The number of ether oxygens (including phenoxy) is 2. The molecule has 1 aliphatic rings. The number of fused-ring (bicyclic) bond motifs is 1. The van der Waals surface area contributed by atoms with E-state index < -0.39 is 12.1 Å². The molecule has 0 aliphatic carbocycles. The summed E-state index contributed by atoms with van der Waals surface area (Å²) in [5.41, 5.74) is 2.40. The first-order valence-corrected chi connectivity index (χ1v) is 12.1. The van der Waals surface area contributed by atoms with Crippen LogP contribution in [0.5, 0.6) is 0 Å². The van der Waals surface area contributed by atoms with Gasteiger partial charge in [0.2, 0.25) is 0 Å². The van der Waals surface area contributed by atoms with Crippen molar-refractivity contribution in [3.63, 3.8) is 0 Å². The van der Waals surface area contributed by atoms with Gasteiger partial charge in [-0.25, -0.2) is 19.6 Å². The largest absolute Gasteiger partial charge is 0.481 e. The molecule has 1 aromatic carbocycles. The summed E-state index contributed by atoms with van der Waals surface area (Å²) in [7, 11) is 0. The van der Waals surface area contributed by atoms with E-state index in [2.05, 4.69) is 28.9 Å². The number of unbranched alkanes of at least 4 members (excludes halogenated alkanes) is 2. The van der Waals surface area contributed by atoms with E-state index in [4.69, 9.17) is 19.8 Å². The number of carboxylic acids is 1. The Kier molecular flexibility index (Phi) is 12.5. The highest BCUT2D eigenvalue weighted by molar-refractivity contribution is 5.88. The first-order chi connectivity index (χ1) is 18.0. The highest BCUT2D eigenvalue weighted by atomic mass is 16.5. The number of aliphatic carboxylic acids is 1. The van der Waals surface area contributed by atoms with Crippen molar-refractivity contribution in [3.05, 3.63) is 60.0 Å². The van der Waals surface area contributed by atoms with E-state index in [0.717, 1.165) is 43.4 Å². The van der Waals surface area contributed by atoms with Crippen LogP contribution in [0.2, 0.25) is 0 Å². The van der Waals surface area contributed by atoms with Gasteiger partial charge in [-0.15, -0.1) is 0 Å². The molecule has 1 saturated heterocycles. The van der Waals surface area contributed by atoms with Crippen LogP contribution in [-0.2, 0) is 20.7 Å². The fraction of sp³-hybridized carbons (Fsp3) is 0.423. The first-order valence-electron chi connectivity index (χ1n) is 12.1. The van der Waals surface area contributed by atoms with Crippen LogP contribution in [0.25, 0.3) is 5.52 Å². The number of amides is 1. The highest BCUT2D eigenvalue weighted by Gasteiger charge is 2.28. The average Bonchev–Trinajstić information content (AvgIpc) is 3.56. The molecule has 0 saturated carbocycles. The standard InChI is InChI=1S/C17H24N4O4.C8H8O2.CHN/c1-2-3-4-9-24-17(23)20-16-14-7-6-13(21(14)19-11-18-16)15-8-5-12(10-22)25-15;9-8(10)6-7-4-2-1-3-5-7;1-2/h6-7,11-12,15,22H,2-5,8-10H2,1H3,(H,18,19,20,23);1-5H,6H2,(H,9,10);1H. The molecule has 2 atom stereocenters. The maximum atomic E-state index is 11.9. The fourth-order valence-electron chi connectivity index (χ4n) is 3.77. The summed E-state index contributed by atoms with van der Waals surface area (Å²) in [4.78, 5) is 26.2. The number of carbonyl (C=O) groups is 2. The molecular formula is C26H33N5O6. The van der Waals surface area contributed by atoms with Crippen LogP contribution in [0.3, 0.4) is 0 Å². The summed E-state index contributed by atoms with van der Waals surface area (Å²) in [6, 6.07) is 12.9. The number of nitrogens with one attached hydrogen (secondary N) is 1. The molecule has 3 N–H and O–H groups in total. The van der Waals surface area contributed by atoms with Crippen molar-refractivity contribution in [2.24, 2.45) is 0 Å². The van der Waals surface area contributed by atoms with Gasteiger partial charge in [-0.2, -0.15) is 5.10 Å². The van der Waals surface area contributed by atoms with E-state index in [9.17, 15) is 14.7 Å². The minimum absolute atomic E-state index is 0.0193. The molecule has 1 fully saturated rings. The maximum absolute atomic E-state index is 11.9. The Labute approximate surface area is 215 Å². The smallest absolute Gasteiger partial charge is 0.412 e. The number of aliphatic hydroxyl groups excluding tert-OH is 1. The van der Waals surface area contributed by atoms with E-state index in [1.807, 2.05) is 30.3 Å². The van der Waals surface area contributed by atoms with Gasteiger partial charge in [-0.1, -0.05) is 50.1 Å². The number of aromatic nitrogens is 3. The number of nitriles is 1. The summed E-state index contributed by atoms with van der Waals surface area (Å²) in [5, 5.41) is 31.0. The van der Waals surface area contributed by atoms with Crippen LogP contribution < -0.4 is 5.32 Å². The predicted molar refractivity (Wildman–Crippen MR) is 136 cm³/mol.